The summed E-state index contributed by atoms with van der Waals surface area (Å²) in [4.78, 5) is 7.21. The monoisotopic (exact) mass is 278 g/mol. The van der Waals surface area contributed by atoms with Crippen LogP contribution in [-0.2, 0) is 0 Å². The van der Waals surface area contributed by atoms with Crippen LogP contribution in [0.1, 0.15) is 63.1 Å². The highest BCUT2D eigenvalue weighted by molar-refractivity contribution is 5.07. The second kappa shape index (κ2) is 5.45. The predicted octanol–water partition coefficient (Wildman–Crippen LogP) is 2.11. The molecule has 3 unspecified atom stereocenters. The number of hydrogen-bond donors (Lipinski definition) is 1. The molecule has 2 aliphatic rings. The van der Waals surface area contributed by atoms with Gasteiger partial charge in [0.05, 0.1) is 5.92 Å². The zero-order valence-corrected chi connectivity index (χ0v) is 12.7. The molecule has 5 nitrogen and oxygen atoms in total. The van der Waals surface area contributed by atoms with Gasteiger partial charge in [-0.3, -0.25) is 0 Å². The first-order valence-corrected chi connectivity index (χ1v) is 7.85. The molecule has 3 atom stereocenters. The average molecular weight is 278 g/mol. The number of nitrogens with zero attached hydrogens (tertiary/aromatic N) is 3. The number of nitrogens with two attached hydrogens (primary N) is 1. The highest BCUT2D eigenvalue weighted by atomic mass is 16.5. The van der Waals surface area contributed by atoms with Gasteiger partial charge in [-0.05, 0) is 38.6 Å². The van der Waals surface area contributed by atoms with Gasteiger partial charge in [-0.2, -0.15) is 4.98 Å². The Morgan fingerprint density at radius 2 is 1.95 bits per heavy atom. The van der Waals surface area contributed by atoms with E-state index in [1.165, 1.54) is 25.7 Å². The van der Waals surface area contributed by atoms with Crippen molar-refractivity contribution in [3.8, 4) is 0 Å². The summed E-state index contributed by atoms with van der Waals surface area (Å²) in [7, 11) is 2.25. The standard InChI is InChI=1S/C15H26N4O/c1-9(2)13(8-16)15-17-14(18-20-15)10-6-11-4-5-12(7-10)19(11)3/h9-13H,4-8,16H2,1-3H3. The Morgan fingerprint density at radius 1 is 1.30 bits per heavy atom. The fourth-order valence-corrected chi connectivity index (χ4v) is 3.84. The van der Waals surface area contributed by atoms with Crippen molar-refractivity contribution >= 4 is 0 Å². The normalized spacial score (nSPS) is 31.9. The topological polar surface area (TPSA) is 68.2 Å². The lowest BCUT2D eigenvalue weighted by Gasteiger charge is -2.34. The average Bonchev–Trinajstić information content (AvgIpc) is 2.93. The highest BCUT2D eigenvalue weighted by Crippen LogP contribution is 2.41. The second-order valence-electron chi connectivity index (χ2n) is 6.80. The van der Waals surface area contributed by atoms with Gasteiger partial charge in [0.2, 0.25) is 5.89 Å². The SMILES string of the molecule is CC(C)C(CN)c1nc(C2CC3CCC(C2)N3C)no1. The molecular formula is C15H26N4O. The molecule has 0 aliphatic carbocycles. The molecule has 0 radical (unpaired) electrons. The minimum atomic E-state index is 0.180. The number of piperidine rings is 1. The van der Waals surface area contributed by atoms with Gasteiger partial charge in [0, 0.05) is 24.5 Å². The molecule has 2 fully saturated rings. The molecule has 0 aromatic carbocycles. The Kier molecular flexibility index (Phi) is 3.82. The largest absolute Gasteiger partial charge is 0.339 e. The summed E-state index contributed by atoms with van der Waals surface area (Å²) in [6.07, 6.45) is 4.97. The van der Waals surface area contributed by atoms with Gasteiger partial charge < -0.3 is 15.2 Å². The lowest BCUT2D eigenvalue weighted by molar-refractivity contribution is 0.157. The third-order valence-electron chi connectivity index (χ3n) is 5.30. The zero-order valence-electron chi connectivity index (χ0n) is 12.7. The molecule has 0 saturated carbocycles. The fraction of sp³-hybridized carbons (Fsp3) is 0.867. The van der Waals surface area contributed by atoms with E-state index in [4.69, 9.17) is 10.3 Å². The van der Waals surface area contributed by atoms with Crippen LogP contribution in [0, 0.1) is 5.92 Å². The number of hydrogen-bond acceptors (Lipinski definition) is 5. The molecule has 112 valence electrons. The molecule has 20 heavy (non-hydrogen) atoms. The van der Waals surface area contributed by atoms with Crippen LogP contribution in [0.4, 0.5) is 0 Å². The fourth-order valence-electron chi connectivity index (χ4n) is 3.84. The molecule has 1 aromatic rings. The Bertz CT molecular complexity index is 444. The quantitative estimate of drug-likeness (QED) is 0.913. The molecule has 2 saturated heterocycles. The van der Waals surface area contributed by atoms with E-state index in [2.05, 4.69) is 35.9 Å². The van der Waals surface area contributed by atoms with E-state index in [0.29, 0.717) is 30.5 Å². The molecule has 3 heterocycles. The van der Waals surface area contributed by atoms with Gasteiger partial charge in [-0.1, -0.05) is 19.0 Å². The van der Waals surface area contributed by atoms with Gasteiger partial charge in [0.1, 0.15) is 0 Å². The van der Waals surface area contributed by atoms with Crippen LogP contribution in [0.15, 0.2) is 4.52 Å². The Hall–Kier alpha value is -0.940. The molecule has 1 aromatic heterocycles. The van der Waals surface area contributed by atoms with Crippen LogP contribution in [0.2, 0.25) is 0 Å². The van der Waals surface area contributed by atoms with Gasteiger partial charge in [0.25, 0.3) is 0 Å². The van der Waals surface area contributed by atoms with E-state index < -0.39 is 0 Å². The Labute approximate surface area is 120 Å². The third-order valence-corrected chi connectivity index (χ3v) is 5.30. The minimum Gasteiger partial charge on any atom is -0.339 e. The van der Waals surface area contributed by atoms with Gasteiger partial charge in [-0.25, -0.2) is 0 Å². The van der Waals surface area contributed by atoms with Crippen LogP contribution in [-0.4, -0.2) is 40.7 Å². The van der Waals surface area contributed by atoms with E-state index in [1.54, 1.807) is 0 Å². The molecule has 2 bridgehead atoms. The van der Waals surface area contributed by atoms with Crippen molar-refractivity contribution in [2.45, 2.75) is 63.5 Å². The number of fused-ring (bicyclic) bond motifs is 2. The van der Waals surface area contributed by atoms with Gasteiger partial charge >= 0.3 is 0 Å². The van der Waals surface area contributed by atoms with Crippen LogP contribution >= 0.6 is 0 Å². The molecule has 3 rings (SSSR count). The maximum absolute atomic E-state index is 5.83. The van der Waals surface area contributed by atoms with E-state index in [1.807, 2.05) is 0 Å². The van der Waals surface area contributed by atoms with Crippen LogP contribution in [0.5, 0.6) is 0 Å². The summed E-state index contributed by atoms with van der Waals surface area (Å²) in [6.45, 7) is 4.87. The second-order valence-corrected chi connectivity index (χ2v) is 6.80. The van der Waals surface area contributed by atoms with Crippen molar-refractivity contribution in [3.05, 3.63) is 11.7 Å². The summed E-state index contributed by atoms with van der Waals surface area (Å²) < 4.78 is 5.50. The zero-order chi connectivity index (χ0) is 14.3. The lowest BCUT2D eigenvalue weighted by Crippen LogP contribution is -2.39. The van der Waals surface area contributed by atoms with E-state index in [0.717, 1.165) is 11.7 Å². The summed E-state index contributed by atoms with van der Waals surface area (Å²) in [6, 6.07) is 1.41. The summed E-state index contributed by atoms with van der Waals surface area (Å²) in [5.41, 5.74) is 5.83. The van der Waals surface area contributed by atoms with Crippen molar-refractivity contribution in [2.24, 2.45) is 11.7 Å². The summed E-state index contributed by atoms with van der Waals surface area (Å²) >= 11 is 0. The smallest absolute Gasteiger partial charge is 0.231 e. The number of aromatic nitrogens is 2. The van der Waals surface area contributed by atoms with Crippen LogP contribution in [0.3, 0.4) is 0 Å². The van der Waals surface area contributed by atoms with Gasteiger partial charge in [-0.15, -0.1) is 0 Å². The first kappa shape index (κ1) is 14.0. The number of rotatable bonds is 4. The molecule has 0 amide bonds. The van der Waals surface area contributed by atoms with Crippen molar-refractivity contribution in [2.75, 3.05) is 13.6 Å². The molecule has 5 heteroatoms. The van der Waals surface area contributed by atoms with E-state index >= 15 is 0 Å². The summed E-state index contributed by atoms with van der Waals surface area (Å²) in [5.74, 6) is 2.71. The first-order valence-electron chi connectivity index (χ1n) is 7.85. The van der Waals surface area contributed by atoms with Crippen molar-refractivity contribution in [3.63, 3.8) is 0 Å². The maximum atomic E-state index is 5.83. The third kappa shape index (κ3) is 2.37. The van der Waals surface area contributed by atoms with Crippen LogP contribution in [0.25, 0.3) is 0 Å². The Balaban J connectivity index is 1.74. The van der Waals surface area contributed by atoms with Crippen molar-refractivity contribution in [1.29, 1.82) is 0 Å². The first-order chi connectivity index (χ1) is 9.60. The van der Waals surface area contributed by atoms with Crippen molar-refractivity contribution < 1.29 is 4.52 Å². The highest BCUT2D eigenvalue weighted by Gasteiger charge is 2.40. The lowest BCUT2D eigenvalue weighted by atomic mass is 9.90. The summed E-state index contributed by atoms with van der Waals surface area (Å²) in [5, 5.41) is 4.25. The molecule has 0 spiro atoms. The van der Waals surface area contributed by atoms with Crippen LogP contribution < -0.4 is 5.73 Å². The Morgan fingerprint density at radius 3 is 2.50 bits per heavy atom. The maximum Gasteiger partial charge on any atom is 0.231 e. The predicted molar refractivity (Wildman–Crippen MR) is 77.5 cm³/mol. The molecule has 2 aliphatic heterocycles. The molecular weight excluding hydrogens is 252 g/mol. The van der Waals surface area contributed by atoms with Gasteiger partial charge in [0.15, 0.2) is 5.82 Å². The van der Waals surface area contributed by atoms with E-state index in [9.17, 15) is 0 Å². The van der Waals surface area contributed by atoms with Crippen molar-refractivity contribution in [1.82, 2.24) is 15.0 Å². The molecule has 2 N–H and O–H groups in total. The minimum absolute atomic E-state index is 0.180. The van der Waals surface area contributed by atoms with E-state index in [-0.39, 0.29) is 5.92 Å².